The summed E-state index contributed by atoms with van der Waals surface area (Å²) in [6.45, 7) is 9.63. The molecule has 1 heterocycles. The highest BCUT2D eigenvalue weighted by molar-refractivity contribution is 5.46. The molecule has 20 heavy (non-hydrogen) atoms. The van der Waals surface area contributed by atoms with E-state index in [1.54, 1.807) is 0 Å². The van der Waals surface area contributed by atoms with Gasteiger partial charge in [0.05, 0.1) is 11.5 Å². The lowest BCUT2D eigenvalue weighted by Gasteiger charge is -2.36. The van der Waals surface area contributed by atoms with Gasteiger partial charge in [-0.2, -0.15) is 5.26 Å². The molecule has 3 heteroatoms. The van der Waals surface area contributed by atoms with E-state index in [0.717, 1.165) is 45.6 Å². The molecule has 1 aromatic rings. The Labute approximate surface area is 122 Å². The average molecular weight is 271 g/mol. The van der Waals surface area contributed by atoms with Gasteiger partial charge in [-0.1, -0.05) is 18.2 Å². The first-order chi connectivity index (χ1) is 9.61. The highest BCUT2D eigenvalue weighted by atomic mass is 15.3. The first-order valence-corrected chi connectivity index (χ1v) is 7.54. The molecule has 0 atom stereocenters. The van der Waals surface area contributed by atoms with E-state index in [-0.39, 0.29) is 5.41 Å². The van der Waals surface area contributed by atoms with E-state index in [9.17, 15) is 0 Å². The van der Waals surface area contributed by atoms with Gasteiger partial charge < -0.3 is 4.90 Å². The molecule has 108 valence electrons. The van der Waals surface area contributed by atoms with Crippen LogP contribution in [0.3, 0.4) is 0 Å². The second-order valence-corrected chi connectivity index (χ2v) is 6.26. The molecule has 0 radical (unpaired) electrons. The number of hydrogen-bond donors (Lipinski definition) is 0. The second-order valence-electron chi connectivity index (χ2n) is 6.26. The largest absolute Gasteiger partial charge is 0.369 e. The third-order valence-corrected chi connectivity index (χ3v) is 4.07. The standard InChI is InChI=1S/C17H25N3/c1-17(2,15-18)9-6-10-19-11-13-20(14-12-19)16-7-4-3-5-8-16/h3-5,7-8H,6,9-14H2,1-2H3. The maximum absolute atomic E-state index is 9.02. The van der Waals surface area contributed by atoms with Crippen molar-refractivity contribution in [2.24, 2.45) is 5.41 Å². The summed E-state index contributed by atoms with van der Waals surface area (Å²) in [7, 11) is 0. The van der Waals surface area contributed by atoms with Crippen LogP contribution in [0.25, 0.3) is 0 Å². The molecule has 0 aliphatic carbocycles. The maximum Gasteiger partial charge on any atom is 0.0683 e. The summed E-state index contributed by atoms with van der Waals surface area (Å²) in [6, 6.07) is 13.0. The molecule has 0 N–H and O–H groups in total. The molecule has 1 aliphatic heterocycles. The van der Waals surface area contributed by atoms with Crippen molar-refractivity contribution in [2.75, 3.05) is 37.6 Å². The summed E-state index contributed by atoms with van der Waals surface area (Å²) in [5.41, 5.74) is 1.16. The van der Waals surface area contributed by atoms with Crippen molar-refractivity contribution in [2.45, 2.75) is 26.7 Å². The quantitative estimate of drug-likeness (QED) is 0.824. The van der Waals surface area contributed by atoms with Crippen molar-refractivity contribution >= 4 is 5.69 Å². The van der Waals surface area contributed by atoms with E-state index < -0.39 is 0 Å². The van der Waals surface area contributed by atoms with E-state index in [2.05, 4.69) is 46.2 Å². The molecule has 2 rings (SSSR count). The van der Waals surface area contributed by atoms with Gasteiger partial charge in [-0.05, 0) is 45.4 Å². The Kier molecular flexibility index (Phi) is 5.03. The average Bonchev–Trinajstić information content (AvgIpc) is 2.49. The highest BCUT2D eigenvalue weighted by Gasteiger charge is 2.19. The van der Waals surface area contributed by atoms with Gasteiger partial charge in [0.15, 0.2) is 0 Å². The molecule has 3 nitrogen and oxygen atoms in total. The lowest BCUT2D eigenvalue weighted by molar-refractivity contribution is 0.242. The van der Waals surface area contributed by atoms with Crippen molar-refractivity contribution in [3.05, 3.63) is 30.3 Å². The van der Waals surface area contributed by atoms with Crippen LogP contribution in [0.1, 0.15) is 26.7 Å². The minimum atomic E-state index is -0.175. The summed E-state index contributed by atoms with van der Waals surface area (Å²) in [5.74, 6) is 0. The second kappa shape index (κ2) is 6.76. The Morgan fingerprint density at radius 2 is 1.75 bits per heavy atom. The molecule has 1 aliphatic rings. The van der Waals surface area contributed by atoms with Crippen molar-refractivity contribution in [1.82, 2.24) is 4.90 Å². The van der Waals surface area contributed by atoms with Crippen molar-refractivity contribution < 1.29 is 0 Å². The summed E-state index contributed by atoms with van der Waals surface area (Å²) >= 11 is 0. The van der Waals surface area contributed by atoms with Gasteiger partial charge in [0.1, 0.15) is 0 Å². The van der Waals surface area contributed by atoms with Gasteiger partial charge in [0, 0.05) is 31.9 Å². The molecule has 0 spiro atoms. The van der Waals surface area contributed by atoms with Gasteiger partial charge in [-0.25, -0.2) is 0 Å². The van der Waals surface area contributed by atoms with Crippen LogP contribution in [0.2, 0.25) is 0 Å². The van der Waals surface area contributed by atoms with E-state index in [1.165, 1.54) is 5.69 Å². The number of nitriles is 1. The molecule has 0 bridgehead atoms. The van der Waals surface area contributed by atoms with Crippen LogP contribution in [0.5, 0.6) is 0 Å². The third-order valence-electron chi connectivity index (χ3n) is 4.07. The Morgan fingerprint density at radius 3 is 2.35 bits per heavy atom. The monoisotopic (exact) mass is 271 g/mol. The SMILES string of the molecule is CC(C)(C#N)CCCN1CCN(c2ccccc2)CC1. The van der Waals surface area contributed by atoms with Gasteiger partial charge in [0.25, 0.3) is 0 Å². The summed E-state index contributed by atoms with van der Waals surface area (Å²) in [4.78, 5) is 4.97. The minimum absolute atomic E-state index is 0.175. The first kappa shape index (κ1) is 14.9. The molecule has 1 aromatic carbocycles. The number of piperazine rings is 1. The fourth-order valence-electron chi connectivity index (χ4n) is 2.67. The number of hydrogen-bond acceptors (Lipinski definition) is 3. The van der Waals surface area contributed by atoms with Crippen LogP contribution in [-0.2, 0) is 0 Å². The molecule has 0 amide bonds. The van der Waals surface area contributed by atoms with Gasteiger partial charge >= 0.3 is 0 Å². The van der Waals surface area contributed by atoms with E-state index in [1.807, 2.05) is 13.8 Å². The van der Waals surface area contributed by atoms with E-state index in [4.69, 9.17) is 5.26 Å². The minimum Gasteiger partial charge on any atom is -0.369 e. The number of nitrogens with zero attached hydrogens (tertiary/aromatic N) is 3. The first-order valence-electron chi connectivity index (χ1n) is 7.54. The van der Waals surface area contributed by atoms with Crippen LogP contribution in [0.4, 0.5) is 5.69 Å². The third kappa shape index (κ3) is 4.25. The predicted molar refractivity (Wildman–Crippen MR) is 83.7 cm³/mol. The van der Waals surface area contributed by atoms with Gasteiger partial charge in [0.2, 0.25) is 0 Å². The smallest absolute Gasteiger partial charge is 0.0683 e. The fraction of sp³-hybridized carbons (Fsp3) is 0.588. The summed E-state index contributed by atoms with van der Waals surface area (Å²) < 4.78 is 0. The number of anilines is 1. The molecule has 1 fully saturated rings. The molecule has 1 saturated heterocycles. The van der Waals surface area contributed by atoms with Crippen LogP contribution < -0.4 is 4.90 Å². The van der Waals surface area contributed by atoms with E-state index in [0.29, 0.717) is 0 Å². The van der Waals surface area contributed by atoms with Crippen LogP contribution in [0, 0.1) is 16.7 Å². The zero-order valence-electron chi connectivity index (χ0n) is 12.7. The highest BCUT2D eigenvalue weighted by Crippen LogP contribution is 2.21. The fourth-order valence-corrected chi connectivity index (χ4v) is 2.67. The number of rotatable bonds is 5. The lowest BCUT2D eigenvalue weighted by atomic mass is 9.90. The summed E-state index contributed by atoms with van der Waals surface area (Å²) in [5, 5.41) is 9.02. The molecule has 0 unspecified atom stereocenters. The normalized spacial score (nSPS) is 16.9. The number of benzene rings is 1. The molecule has 0 aromatic heterocycles. The van der Waals surface area contributed by atoms with Crippen LogP contribution in [0.15, 0.2) is 30.3 Å². The Hall–Kier alpha value is -1.53. The van der Waals surface area contributed by atoms with E-state index >= 15 is 0 Å². The maximum atomic E-state index is 9.02. The molecule has 0 saturated carbocycles. The molecular weight excluding hydrogens is 246 g/mol. The van der Waals surface area contributed by atoms with Gasteiger partial charge in [-0.15, -0.1) is 0 Å². The zero-order valence-corrected chi connectivity index (χ0v) is 12.7. The Morgan fingerprint density at radius 1 is 1.10 bits per heavy atom. The molecular formula is C17H25N3. The van der Waals surface area contributed by atoms with Crippen LogP contribution in [-0.4, -0.2) is 37.6 Å². The predicted octanol–water partition coefficient (Wildman–Crippen LogP) is 3.14. The Bertz CT molecular complexity index is 439. The lowest BCUT2D eigenvalue weighted by Crippen LogP contribution is -2.46. The summed E-state index contributed by atoms with van der Waals surface area (Å²) in [6.07, 6.45) is 2.11. The van der Waals surface area contributed by atoms with Crippen molar-refractivity contribution in [3.8, 4) is 6.07 Å². The topological polar surface area (TPSA) is 30.3 Å². The van der Waals surface area contributed by atoms with Crippen molar-refractivity contribution in [3.63, 3.8) is 0 Å². The zero-order chi connectivity index (χ0) is 14.4. The van der Waals surface area contributed by atoms with Gasteiger partial charge in [-0.3, -0.25) is 4.90 Å². The van der Waals surface area contributed by atoms with Crippen molar-refractivity contribution in [1.29, 1.82) is 5.26 Å². The van der Waals surface area contributed by atoms with Crippen LogP contribution >= 0.6 is 0 Å². The Balaban J connectivity index is 1.71. The number of para-hydroxylation sites is 1.